The molecule has 0 saturated carbocycles. The lowest BCUT2D eigenvalue weighted by molar-refractivity contribution is -0.120. The largest absolute Gasteiger partial charge is 0.309 e. The lowest BCUT2D eigenvalue weighted by atomic mass is 10.2. The molecule has 3 heterocycles. The first kappa shape index (κ1) is 17.0. The van der Waals surface area contributed by atoms with Crippen molar-refractivity contribution in [3.63, 3.8) is 0 Å². The van der Waals surface area contributed by atoms with Gasteiger partial charge in [-0.2, -0.15) is 5.10 Å². The third-order valence-corrected chi connectivity index (χ3v) is 4.96. The smallest absolute Gasteiger partial charge is 0.259 e. The number of carbonyl (C=O) groups excluding carboxylic acids is 1. The molecule has 8 heteroatoms. The lowest BCUT2D eigenvalue weighted by Crippen LogP contribution is -2.24. The Kier molecular flexibility index (Phi) is 4.71. The van der Waals surface area contributed by atoms with Gasteiger partial charge in [0.05, 0.1) is 17.5 Å². The fourth-order valence-electron chi connectivity index (χ4n) is 2.38. The number of aryl methyl sites for hydroxylation is 2. The Bertz CT molecular complexity index is 1020. The fraction of sp³-hybridized carbons (Fsp3) is 0.235. The summed E-state index contributed by atoms with van der Waals surface area (Å²) in [6.45, 7) is 5.64. The van der Waals surface area contributed by atoms with Crippen molar-refractivity contribution in [2.45, 2.75) is 27.2 Å². The van der Waals surface area contributed by atoms with Gasteiger partial charge in [-0.15, -0.1) is 11.3 Å². The average Bonchev–Trinajstić information content (AvgIpc) is 2.88. The molecule has 0 aliphatic carbocycles. The molecule has 0 fully saturated rings. The zero-order valence-corrected chi connectivity index (χ0v) is 14.9. The van der Waals surface area contributed by atoms with Crippen LogP contribution < -0.4 is 11.0 Å². The van der Waals surface area contributed by atoms with Crippen LogP contribution in [-0.2, 0) is 11.2 Å². The van der Waals surface area contributed by atoms with E-state index in [2.05, 4.69) is 25.5 Å². The predicted molar refractivity (Wildman–Crippen MR) is 98.0 cm³/mol. The van der Waals surface area contributed by atoms with Crippen LogP contribution in [0.4, 0.5) is 0 Å². The van der Waals surface area contributed by atoms with Crippen molar-refractivity contribution in [2.24, 2.45) is 5.10 Å². The molecule has 25 heavy (non-hydrogen) atoms. The molecule has 0 aliphatic heterocycles. The highest BCUT2D eigenvalue weighted by molar-refractivity contribution is 7.18. The summed E-state index contributed by atoms with van der Waals surface area (Å²) in [6, 6.07) is 3.61. The molecule has 128 valence electrons. The molecule has 0 saturated heterocycles. The highest BCUT2D eigenvalue weighted by Crippen LogP contribution is 2.25. The molecule has 1 amide bonds. The Morgan fingerprint density at radius 2 is 2.04 bits per heavy atom. The van der Waals surface area contributed by atoms with E-state index in [-0.39, 0.29) is 17.9 Å². The molecule has 0 radical (unpaired) electrons. The first-order valence-electron chi connectivity index (χ1n) is 7.68. The van der Waals surface area contributed by atoms with Crippen LogP contribution in [0, 0.1) is 13.8 Å². The quantitative estimate of drug-likeness (QED) is 0.553. The van der Waals surface area contributed by atoms with Crippen LogP contribution in [-0.4, -0.2) is 26.6 Å². The molecule has 7 nitrogen and oxygen atoms in total. The molecule has 0 aliphatic rings. The summed E-state index contributed by atoms with van der Waals surface area (Å²) in [4.78, 5) is 37.0. The van der Waals surface area contributed by atoms with E-state index in [9.17, 15) is 9.59 Å². The lowest BCUT2D eigenvalue weighted by Gasteiger charge is -2.03. The van der Waals surface area contributed by atoms with Crippen molar-refractivity contribution >= 4 is 33.2 Å². The number of thiophene rings is 1. The second-order valence-electron chi connectivity index (χ2n) is 5.62. The maximum Gasteiger partial charge on any atom is 0.259 e. The van der Waals surface area contributed by atoms with Gasteiger partial charge in [0.1, 0.15) is 10.7 Å². The summed E-state index contributed by atoms with van der Waals surface area (Å²) in [5, 5.41) is 4.66. The van der Waals surface area contributed by atoms with E-state index in [1.165, 1.54) is 11.3 Å². The van der Waals surface area contributed by atoms with Gasteiger partial charge in [0.25, 0.3) is 5.56 Å². The van der Waals surface area contributed by atoms with Gasteiger partial charge in [-0.1, -0.05) is 0 Å². The SMILES string of the molecule is CC(=NNC(=O)Cc1nc2sc(C)c(C)c2c(=O)[nH]1)c1ccncc1. The monoisotopic (exact) mass is 355 g/mol. The van der Waals surface area contributed by atoms with Gasteiger partial charge in [-0.05, 0) is 38.5 Å². The van der Waals surface area contributed by atoms with Crippen molar-refractivity contribution in [3.8, 4) is 0 Å². The Balaban J connectivity index is 1.75. The predicted octanol–water partition coefficient (Wildman–Crippen LogP) is 2.08. The van der Waals surface area contributed by atoms with Gasteiger partial charge in [0.15, 0.2) is 0 Å². The Morgan fingerprint density at radius 1 is 1.32 bits per heavy atom. The maximum atomic E-state index is 12.2. The van der Waals surface area contributed by atoms with E-state index < -0.39 is 0 Å². The summed E-state index contributed by atoms with van der Waals surface area (Å²) in [7, 11) is 0. The van der Waals surface area contributed by atoms with Gasteiger partial charge in [0, 0.05) is 22.8 Å². The van der Waals surface area contributed by atoms with Crippen LogP contribution in [0.25, 0.3) is 10.2 Å². The summed E-state index contributed by atoms with van der Waals surface area (Å²) < 4.78 is 0. The zero-order valence-electron chi connectivity index (χ0n) is 14.1. The second-order valence-corrected chi connectivity index (χ2v) is 6.82. The van der Waals surface area contributed by atoms with Crippen molar-refractivity contribution in [3.05, 3.63) is 56.7 Å². The Hall–Kier alpha value is -2.87. The van der Waals surface area contributed by atoms with Gasteiger partial charge in [0.2, 0.25) is 5.91 Å². The summed E-state index contributed by atoms with van der Waals surface area (Å²) in [5.74, 6) is -0.0195. The number of H-pyrrole nitrogens is 1. The van der Waals surface area contributed by atoms with Gasteiger partial charge in [-0.25, -0.2) is 10.4 Å². The molecule has 0 spiro atoms. The van der Waals surface area contributed by atoms with E-state index in [1.807, 2.05) is 13.8 Å². The zero-order chi connectivity index (χ0) is 18.0. The number of hydrazone groups is 1. The van der Waals surface area contributed by atoms with Crippen LogP contribution >= 0.6 is 11.3 Å². The van der Waals surface area contributed by atoms with Crippen molar-refractivity contribution in [1.82, 2.24) is 20.4 Å². The molecule has 3 rings (SSSR count). The standard InChI is InChI=1S/C17H17N5O2S/c1-9-11(3)25-17-15(9)16(24)19-13(20-17)8-14(23)22-21-10(2)12-4-6-18-7-5-12/h4-7H,8H2,1-3H3,(H,22,23)(H,19,20,24). The van der Waals surface area contributed by atoms with E-state index in [1.54, 1.807) is 31.5 Å². The number of hydrogen-bond donors (Lipinski definition) is 2. The number of rotatable bonds is 4. The number of aromatic amines is 1. The van der Waals surface area contributed by atoms with E-state index in [4.69, 9.17) is 0 Å². The minimum absolute atomic E-state index is 0.0473. The topological polar surface area (TPSA) is 100 Å². The maximum absolute atomic E-state index is 12.2. The number of amides is 1. The molecule has 0 bridgehead atoms. The van der Waals surface area contributed by atoms with E-state index in [0.29, 0.717) is 21.8 Å². The van der Waals surface area contributed by atoms with Crippen molar-refractivity contribution < 1.29 is 4.79 Å². The van der Waals surface area contributed by atoms with E-state index in [0.717, 1.165) is 16.0 Å². The summed E-state index contributed by atoms with van der Waals surface area (Å²) >= 11 is 1.45. The average molecular weight is 355 g/mol. The molecule has 2 N–H and O–H groups in total. The number of fused-ring (bicyclic) bond motifs is 1. The first-order valence-corrected chi connectivity index (χ1v) is 8.49. The number of hydrogen-bond acceptors (Lipinski definition) is 6. The number of aromatic nitrogens is 3. The molecule has 0 aromatic carbocycles. The molecular formula is C17H17N5O2S. The normalized spacial score (nSPS) is 11.7. The molecule has 3 aromatic heterocycles. The van der Waals surface area contributed by atoms with Crippen LogP contribution in [0.1, 0.15) is 28.8 Å². The number of nitrogens with zero attached hydrogens (tertiary/aromatic N) is 3. The third kappa shape index (κ3) is 3.63. The molecular weight excluding hydrogens is 338 g/mol. The van der Waals surface area contributed by atoms with Crippen LogP contribution in [0.15, 0.2) is 34.4 Å². The number of nitrogens with one attached hydrogen (secondary N) is 2. The molecule has 0 atom stereocenters. The second kappa shape index (κ2) is 6.94. The number of carbonyl (C=O) groups is 1. The minimum atomic E-state index is -0.346. The van der Waals surface area contributed by atoms with Gasteiger partial charge in [-0.3, -0.25) is 14.6 Å². The fourth-order valence-corrected chi connectivity index (χ4v) is 3.43. The van der Waals surface area contributed by atoms with Crippen LogP contribution in [0.3, 0.4) is 0 Å². The highest BCUT2D eigenvalue weighted by atomic mass is 32.1. The van der Waals surface area contributed by atoms with Crippen LogP contribution in [0.2, 0.25) is 0 Å². The highest BCUT2D eigenvalue weighted by Gasteiger charge is 2.13. The summed E-state index contributed by atoms with van der Waals surface area (Å²) in [6.07, 6.45) is 3.27. The summed E-state index contributed by atoms with van der Waals surface area (Å²) in [5.41, 5.74) is 4.73. The molecule has 0 unspecified atom stereocenters. The number of pyridine rings is 1. The Labute approximate surface area is 147 Å². The minimum Gasteiger partial charge on any atom is -0.309 e. The van der Waals surface area contributed by atoms with E-state index >= 15 is 0 Å². The Morgan fingerprint density at radius 3 is 2.76 bits per heavy atom. The van der Waals surface area contributed by atoms with Crippen molar-refractivity contribution in [1.29, 1.82) is 0 Å². The van der Waals surface area contributed by atoms with Crippen LogP contribution in [0.5, 0.6) is 0 Å². The van der Waals surface area contributed by atoms with Gasteiger partial charge < -0.3 is 4.98 Å². The van der Waals surface area contributed by atoms with Crippen molar-refractivity contribution in [2.75, 3.05) is 0 Å². The third-order valence-electron chi connectivity index (χ3n) is 3.86. The first-order chi connectivity index (χ1) is 12.0. The molecule has 3 aromatic rings. The van der Waals surface area contributed by atoms with Gasteiger partial charge >= 0.3 is 0 Å².